The Labute approximate surface area is 133 Å². The van der Waals surface area contributed by atoms with Crippen LogP contribution in [0, 0.1) is 0 Å². The number of halogens is 2. The van der Waals surface area contributed by atoms with Gasteiger partial charge >= 0.3 is 0 Å². The van der Waals surface area contributed by atoms with Gasteiger partial charge in [0, 0.05) is 16.8 Å². The van der Waals surface area contributed by atoms with Gasteiger partial charge in [0.25, 0.3) is 0 Å². The van der Waals surface area contributed by atoms with E-state index in [1.54, 1.807) is 12.1 Å². The molecule has 110 valence electrons. The van der Waals surface area contributed by atoms with Crippen molar-refractivity contribution in [1.29, 1.82) is 0 Å². The maximum Gasteiger partial charge on any atom is 0.238 e. The molecule has 1 saturated heterocycles. The van der Waals surface area contributed by atoms with Gasteiger partial charge in [-0.05, 0) is 31.4 Å². The van der Waals surface area contributed by atoms with Crippen LogP contribution in [0.25, 0.3) is 0 Å². The van der Waals surface area contributed by atoms with E-state index in [1.807, 2.05) is 18.8 Å². The van der Waals surface area contributed by atoms with Gasteiger partial charge in [-0.2, -0.15) is 11.8 Å². The number of nitrogen functional groups attached to an aromatic ring is 1. The van der Waals surface area contributed by atoms with Crippen LogP contribution in [-0.2, 0) is 4.79 Å². The molecule has 1 atom stereocenters. The molecule has 0 spiro atoms. The third kappa shape index (κ3) is 3.95. The molecule has 1 aromatic rings. The van der Waals surface area contributed by atoms with E-state index >= 15 is 0 Å². The van der Waals surface area contributed by atoms with Gasteiger partial charge in [-0.3, -0.25) is 9.69 Å². The molecular weight excluding hydrogens is 317 g/mol. The van der Waals surface area contributed by atoms with Gasteiger partial charge in [-0.1, -0.05) is 23.2 Å². The van der Waals surface area contributed by atoms with Crippen molar-refractivity contribution in [2.45, 2.75) is 12.5 Å². The van der Waals surface area contributed by atoms with Crippen LogP contribution in [0.3, 0.4) is 0 Å². The molecule has 1 heterocycles. The molecule has 1 fully saturated rings. The Kier molecular flexibility index (Phi) is 5.43. The lowest BCUT2D eigenvalue weighted by molar-refractivity contribution is -0.117. The highest BCUT2D eigenvalue weighted by Crippen LogP contribution is 2.32. The summed E-state index contributed by atoms with van der Waals surface area (Å²) in [5, 5.41) is 3.56. The van der Waals surface area contributed by atoms with Crippen molar-refractivity contribution in [3.8, 4) is 0 Å². The summed E-state index contributed by atoms with van der Waals surface area (Å²) in [6.07, 6.45) is 1.12. The van der Waals surface area contributed by atoms with E-state index in [2.05, 4.69) is 10.2 Å². The van der Waals surface area contributed by atoms with Crippen molar-refractivity contribution in [2.75, 3.05) is 36.1 Å². The summed E-state index contributed by atoms with van der Waals surface area (Å²) < 4.78 is 0. The third-order valence-electron chi connectivity index (χ3n) is 3.27. The lowest BCUT2D eigenvalue weighted by Crippen LogP contribution is -2.38. The molecule has 1 aromatic carbocycles. The molecule has 0 bridgehead atoms. The van der Waals surface area contributed by atoms with Crippen LogP contribution in [0.1, 0.15) is 6.42 Å². The van der Waals surface area contributed by atoms with Crippen molar-refractivity contribution < 1.29 is 4.79 Å². The Bertz CT molecular complexity index is 483. The maximum absolute atomic E-state index is 12.1. The van der Waals surface area contributed by atoms with Crippen molar-refractivity contribution in [3.63, 3.8) is 0 Å². The number of hydrogen-bond donors (Lipinski definition) is 2. The number of nitrogens with two attached hydrogens (primary N) is 1. The van der Waals surface area contributed by atoms with E-state index in [0.29, 0.717) is 34.0 Å². The van der Waals surface area contributed by atoms with Crippen LogP contribution in [0.15, 0.2) is 12.1 Å². The first-order valence-electron chi connectivity index (χ1n) is 6.29. The number of rotatable bonds is 4. The molecule has 20 heavy (non-hydrogen) atoms. The minimum absolute atomic E-state index is 0.125. The summed E-state index contributed by atoms with van der Waals surface area (Å²) in [4.78, 5) is 14.1. The fourth-order valence-electron chi connectivity index (χ4n) is 2.13. The first-order chi connectivity index (χ1) is 9.47. The minimum Gasteiger partial charge on any atom is -0.397 e. The zero-order valence-electron chi connectivity index (χ0n) is 11.2. The van der Waals surface area contributed by atoms with E-state index in [4.69, 9.17) is 28.9 Å². The standard InChI is InChI=1S/C13H17Cl2N3OS/c1-18(9-2-3-20-7-9)6-12(19)17-13-10(15)4-8(14)5-11(13)16/h4-5,9H,2-3,6-7,16H2,1H3,(H,17,19). The second kappa shape index (κ2) is 6.89. The molecule has 2 rings (SSSR count). The molecule has 0 aliphatic carbocycles. The zero-order valence-corrected chi connectivity index (χ0v) is 13.5. The van der Waals surface area contributed by atoms with Crippen LogP contribution in [0.5, 0.6) is 0 Å². The van der Waals surface area contributed by atoms with Crippen LogP contribution < -0.4 is 11.1 Å². The molecule has 4 nitrogen and oxygen atoms in total. The topological polar surface area (TPSA) is 58.4 Å². The van der Waals surface area contributed by atoms with E-state index in [1.165, 1.54) is 0 Å². The fraction of sp³-hybridized carbons (Fsp3) is 0.462. The predicted molar refractivity (Wildman–Crippen MR) is 87.9 cm³/mol. The molecule has 1 aliphatic heterocycles. The normalized spacial score (nSPS) is 18.5. The quantitative estimate of drug-likeness (QED) is 0.831. The smallest absolute Gasteiger partial charge is 0.238 e. The van der Waals surface area contributed by atoms with Crippen molar-refractivity contribution in [1.82, 2.24) is 4.90 Å². The monoisotopic (exact) mass is 333 g/mol. The van der Waals surface area contributed by atoms with Gasteiger partial charge < -0.3 is 11.1 Å². The zero-order chi connectivity index (χ0) is 14.7. The van der Waals surface area contributed by atoms with Crippen LogP contribution >= 0.6 is 35.0 Å². The first-order valence-corrected chi connectivity index (χ1v) is 8.21. The van der Waals surface area contributed by atoms with Crippen LogP contribution in [0.2, 0.25) is 10.0 Å². The largest absolute Gasteiger partial charge is 0.397 e. The van der Waals surface area contributed by atoms with E-state index in [0.717, 1.165) is 17.9 Å². The Morgan fingerprint density at radius 1 is 1.55 bits per heavy atom. The third-order valence-corrected chi connectivity index (χ3v) is 4.93. The first kappa shape index (κ1) is 15.8. The van der Waals surface area contributed by atoms with Gasteiger partial charge in [0.2, 0.25) is 5.91 Å². The number of nitrogens with one attached hydrogen (secondary N) is 1. The Morgan fingerprint density at radius 3 is 2.90 bits per heavy atom. The van der Waals surface area contributed by atoms with Gasteiger partial charge in [0.15, 0.2) is 0 Å². The highest BCUT2D eigenvalue weighted by Gasteiger charge is 2.22. The number of likely N-dealkylation sites (N-methyl/N-ethyl adjacent to an activating group) is 1. The molecule has 7 heteroatoms. The van der Waals surface area contributed by atoms with Gasteiger partial charge in [-0.25, -0.2) is 0 Å². The Balaban J connectivity index is 1.97. The summed E-state index contributed by atoms with van der Waals surface area (Å²) in [5.41, 5.74) is 6.62. The SMILES string of the molecule is CN(CC(=O)Nc1c(N)cc(Cl)cc1Cl)C1CCSC1. The number of nitrogens with zero attached hydrogens (tertiary/aromatic N) is 1. The van der Waals surface area contributed by atoms with Gasteiger partial charge in [-0.15, -0.1) is 0 Å². The minimum atomic E-state index is -0.125. The summed E-state index contributed by atoms with van der Waals surface area (Å²) in [7, 11) is 1.96. The van der Waals surface area contributed by atoms with Crippen molar-refractivity contribution >= 4 is 52.2 Å². The van der Waals surface area contributed by atoms with E-state index < -0.39 is 0 Å². The number of thioether (sulfide) groups is 1. The molecular formula is C13H17Cl2N3OS. The number of hydrogen-bond acceptors (Lipinski definition) is 4. The van der Waals surface area contributed by atoms with Crippen LogP contribution in [-0.4, -0.2) is 41.9 Å². The van der Waals surface area contributed by atoms with Crippen LogP contribution in [0.4, 0.5) is 11.4 Å². The lowest BCUT2D eigenvalue weighted by atomic mass is 10.2. The highest BCUT2D eigenvalue weighted by atomic mass is 35.5. The molecule has 0 saturated carbocycles. The number of anilines is 2. The Morgan fingerprint density at radius 2 is 2.30 bits per heavy atom. The number of amides is 1. The van der Waals surface area contributed by atoms with Crippen molar-refractivity contribution in [2.24, 2.45) is 0 Å². The molecule has 1 unspecified atom stereocenters. The number of benzene rings is 1. The van der Waals surface area contributed by atoms with Crippen molar-refractivity contribution in [3.05, 3.63) is 22.2 Å². The number of carbonyl (C=O) groups excluding carboxylic acids is 1. The predicted octanol–water partition coefficient (Wildman–Crippen LogP) is 2.95. The maximum atomic E-state index is 12.1. The number of carbonyl (C=O) groups is 1. The summed E-state index contributed by atoms with van der Waals surface area (Å²) >= 11 is 13.8. The molecule has 1 aliphatic rings. The lowest BCUT2D eigenvalue weighted by Gasteiger charge is -2.23. The molecule has 0 aromatic heterocycles. The van der Waals surface area contributed by atoms with Gasteiger partial charge in [0.05, 0.1) is 22.9 Å². The summed E-state index contributed by atoms with van der Waals surface area (Å²) in [6.45, 7) is 0.323. The van der Waals surface area contributed by atoms with E-state index in [-0.39, 0.29) is 5.91 Å². The second-order valence-corrected chi connectivity index (χ2v) is 6.83. The average Bonchev–Trinajstić information content (AvgIpc) is 2.87. The summed E-state index contributed by atoms with van der Waals surface area (Å²) in [6, 6.07) is 3.59. The van der Waals surface area contributed by atoms with Gasteiger partial charge in [0.1, 0.15) is 0 Å². The fourth-order valence-corrected chi connectivity index (χ4v) is 3.98. The average molecular weight is 334 g/mol. The molecule has 3 N–H and O–H groups in total. The second-order valence-electron chi connectivity index (χ2n) is 4.83. The highest BCUT2D eigenvalue weighted by molar-refractivity contribution is 7.99. The Hall–Kier alpha value is -0.620. The molecule has 0 radical (unpaired) electrons. The summed E-state index contributed by atoms with van der Waals surface area (Å²) in [5.74, 6) is 2.11. The molecule has 1 amide bonds. The van der Waals surface area contributed by atoms with E-state index in [9.17, 15) is 4.79 Å².